The third-order valence-corrected chi connectivity index (χ3v) is 3.50. The van der Waals surface area contributed by atoms with Crippen molar-refractivity contribution in [1.82, 2.24) is 4.98 Å². The van der Waals surface area contributed by atoms with Crippen LogP contribution >= 0.6 is 27.5 Å². The molecule has 1 aromatic heterocycles. The lowest BCUT2D eigenvalue weighted by atomic mass is 10.2. The minimum absolute atomic E-state index is 0.00120. The van der Waals surface area contributed by atoms with E-state index in [9.17, 15) is 13.2 Å². The number of anilines is 1. The Labute approximate surface area is 120 Å². The summed E-state index contributed by atoms with van der Waals surface area (Å²) in [5.41, 5.74) is 0.588. The van der Waals surface area contributed by atoms with Gasteiger partial charge in [-0.25, -0.2) is 18.2 Å². The molecular formula is C12H7BrClF3N2. The third-order valence-electron chi connectivity index (χ3n) is 2.37. The predicted octanol–water partition coefficient (Wildman–Crippen LogP) is 4.53. The lowest BCUT2D eigenvalue weighted by Gasteiger charge is -2.08. The minimum Gasteiger partial charge on any atom is -0.380 e. The van der Waals surface area contributed by atoms with Gasteiger partial charge in [0.1, 0.15) is 11.0 Å². The molecule has 19 heavy (non-hydrogen) atoms. The highest BCUT2D eigenvalue weighted by atomic mass is 79.9. The molecule has 0 saturated heterocycles. The van der Waals surface area contributed by atoms with Crippen molar-refractivity contribution in [3.8, 4) is 0 Å². The van der Waals surface area contributed by atoms with Crippen LogP contribution in [0.5, 0.6) is 0 Å². The van der Waals surface area contributed by atoms with Crippen LogP contribution in [0.2, 0.25) is 5.15 Å². The molecule has 2 aromatic rings. The molecule has 0 radical (unpaired) electrons. The Bertz CT molecular complexity index is 622. The number of aromatic nitrogens is 1. The molecule has 0 spiro atoms. The average Bonchev–Trinajstić information content (AvgIpc) is 2.36. The zero-order valence-electron chi connectivity index (χ0n) is 9.35. The van der Waals surface area contributed by atoms with Gasteiger partial charge in [0, 0.05) is 18.2 Å². The third kappa shape index (κ3) is 3.39. The molecule has 0 saturated carbocycles. The highest BCUT2D eigenvalue weighted by Gasteiger charge is 2.09. The molecule has 7 heteroatoms. The molecule has 100 valence electrons. The highest BCUT2D eigenvalue weighted by Crippen LogP contribution is 2.23. The normalized spacial score (nSPS) is 10.6. The lowest BCUT2D eigenvalue weighted by Crippen LogP contribution is -2.04. The quantitative estimate of drug-likeness (QED) is 0.649. The van der Waals surface area contributed by atoms with Crippen molar-refractivity contribution >= 4 is 33.2 Å². The van der Waals surface area contributed by atoms with Crippen molar-refractivity contribution in [3.05, 3.63) is 57.0 Å². The first-order chi connectivity index (χ1) is 8.97. The fourth-order valence-electron chi connectivity index (χ4n) is 1.41. The summed E-state index contributed by atoms with van der Waals surface area (Å²) in [4.78, 5) is 3.87. The zero-order chi connectivity index (χ0) is 14.0. The molecule has 0 aliphatic carbocycles. The summed E-state index contributed by atoms with van der Waals surface area (Å²) < 4.78 is 39.7. The number of hydrogen-bond donors (Lipinski definition) is 1. The van der Waals surface area contributed by atoms with Gasteiger partial charge in [0.05, 0.1) is 16.4 Å². The van der Waals surface area contributed by atoms with Gasteiger partial charge in [-0.3, -0.25) is 0 Å². The average molecular weight is 352 g/mol. The topological polar surface area (TPSA) is 24.9 Å². The first kappa shape index (κ1) is 14.1. The minimum atomic E-state index is -1.21. The van der Waals surface area contributed by atoms with Gasteiger partial charge in [0.25, 0.3) is 0 Å². The Morgan fingerprint density at radius 3 is 2.47 bits per heavy atom. The molecular weight excluding hydrogens is 344 g/mol. The Morgan fingerprint density at radius 2 is 1.79 bits per heavy atom. The summed E-state index contributed by atoms with van der Waals surface area (Å²) in [7, 11) is 0. The summed E-state index contributed by atoms with van der Waals surface area (Å²) in [5.74, 6) is -3.11. The fourth-order valence-corrected chi connectivity index (χ4v) is 1.87. The van der Waals surface area contributed by atoms with Gasteiger partial charge >= 0.3 is 0 Å². The maximum atomic E-state index is 13.4. The Morgan fingerprint density at radius 1 is 1.11 bits per heavy atom. The van der Waals surface area contributed by atoms with E-state index in [4.69, 9.17) is 11.6 Å². The molecule has 2 rings (SSSR count). The molecule has 0 fully saturated rings. The van der Waals surface area contributed by atoms with Gasteiger partial charge in [0.15, 0.2) is 11.6 Å². The molecule has 0 aliphatic rings. The molecule has 0 amide bonds. The second-order valence-electron chi connectivity index (χ2n) is 3.71. The highest BCUT2D eigenvalue weighted by molar-refractivity contribution is 9.10. The van der Waals surface area contributed by atoms with E-state index >= 15 is 0 Å². The first-order valence-electron chi connectivity index (χ1n) is 5.15. The van der Waals surface area contributed by atoms with E-state index in [0.717, 1.165) is 6.07 Å². The summed E-state index contributed by atoms with van der Waals surface area (Å²) in [6.45, 7) is -0.00120. The standard InChI is InChI=1S/C12H7BrClF3N2/c13-8-2-7(5-19-12(8)14)18-4-6-1-10(16)11(17)3-9(6)15/h1-3,5,18H,4H2. The van der Waals surface area contributed by atoms with Crippen molar-refractivity contribution < 1.29 is 13.2 Å². The van der Waals surface area contributed by atoms with Gasteiger partial charge in [-0.2, -0.15) is 0 Å². The van der Waals surface area contributed by atoms with Gasteiger partial charge in [0.2, 0.25) is 0 Å². The van der Waals surface area contributed by atoms with E-state index in [0.29, 0.717) is 21.4 Å². The molecule has 2 nitrogen and oxygen atoms in total. The Balaban J connectivity index is 2.14. The number of hydrogen-bond acceptors (Lipinski definition) is 2. The van der Waals surface area contributed by atoms with Crippen LogP contribution in [0.25, 0.3) is 0 Å². The maximum Gasteiger partial charge on any atom is 0.161 e. The van der Waals surface area contributed by atoms with Crippen molar-refractivity contribution in [2.75, 3.05) is 5.32 Å². The van der Waals surface area contributed by atoms with Crippen molar-refractivity contribution in [2.45, 2.75) is 6.54 Å². The van der Waals surface area contributed by atoms with Crippen LogP contribution in [0, 0.1) is 17.5 Å². The second kappa shape index (κ2) is 5.79. The van der Waals surface area contributed by atoms with Crippen LogP contribution in [-0.2, 0) is 6.54 Å². The smallest absolute Gasteiger partial charge is 0.161 e. The van der Waals surface area contributed by atoms with E-state index in [1.807, 2.05) is 0 Å². The van der Waals surface area contributed by atoms with Crippen molar-refractivity contribution in [3.63, 3.8) is 0 Å². The summed E-state index contributed by atoms with van der Waals surface area (Å²) in [5, 5.41) is 3.13. The maximum absolute atomic E-state index is 13.4. The van der Waals surface area contributed by atoms with E-state index in [-0.39, 0.29) is 12.1 Å². The SMILES string of the molecule is Fc1cc(F)c(CNc2cnc(Cl)c(Br)c2)cc1F. The first-order valence-corrected chi connectivity index (χ1v) is 6.33. The van der Waals surface area contributed by atoms with Gasteiger partial charge in [-0.15, -0.1) is 0 Å². The largest absolute Gasteiger partial charge is 0.380 e. The van der Waals surface area contributed by atoms with Crippen LogP contribution in [-0.4, -0.2) is 4.98 Å². The van der Waals surface area contributed by atoms with Crippen molar-refractivity contribution in [1.29, 1.82) is 0 Å². The van der Waals surface area contributed by atoms with Gasteiger partial charge in [-0.1, -0.05) is 11.6 Å². The molecule has 0 bridgehead atoms. The molecule has 0 aliphatic heterocycles. The van der Waals surface area contributed by atoms with Crippen LogP contribution in [0.4, 0.5) is 18.9 Å². The fraction of sp³-hybridized carbons (Fsp3) is 0.0833. The molecule has 1 heterocycles. The van der Waals surface area contributed by atoms with E-state index in [1.54, 1.807) is 6.07 Å². The van der Waals surface area contributed by atoms with E-state index in [1.165, 1.54) is 6.20 Å². The van der Waals surface area contributed by atoms with Crippen LogP contribution < -0.4 is 5.32 Å². The molecule has 0 atom stereocenters. The monoisotopic (exact) mass is 350 g/mol. The Hall–Kier alpha value is -1.27. The number of nitrogens with one attached hydrogen (secondary N) is 1. The number of pyridine rings is 1. The second-order valence-corrected chi connectivity index (χ2v) is 4.92. The van der Waals surface area contributed by atoms with Crippen LogP contribution in [0.15, 0.2) is 28.9 Å². The predicted molar refractivity (Wildman–Crippen MR) is 70.6 cm³/mol. The van der Waals surface area contributed by atoms with Crippen molar-refractivity contribution in [2.24, 2.45) is 0 Å². The molecule has 1 aromatic carbocycles. The zero-order valence-corrected chi connectivity index (χ0v) is 11.7. The summed E-state index contributed by atoms with van der Waals surface area (Å²) in [6, 6.07) is 2.98. The van der Waals surface area contributed by atoms with E-state index in [2.05, 4.69) is 26.2 Å². The van der Waals surface area contributed by atoms with Crippen LogP contribution in [0.3, 0.4) is 0 Å². The van der Waals surface area contributed by atoms with Gasteiger partial charge < -0.3 is 5.32 Å². The van der Waals surface area contributed by atoms with E-state index < -0.39 is 17.5 Å². The van der Waals surface area contributed by atoms with Crippen LogP contribution in [0.1, 0.15) is 5.56 Å². The number of benzene rings is 1. The number of rotatable bonds is 3. The molecule has 1 N–H and O–H groups in total. The lowest BCUT2D eigenvalue weighted by molar-refractivity contribution is 0.490. The summed E-state index contributed by atoms with van der Waals surface area (Å²) in [6.07, 6.45) is 1.45. The Kier molecular flexibility index (Phi) is 4.31. The number of nitrogens with zero attached hydrogens (tertiary/aromatic N) is 1. The summed E-state index contributed by atoms with van der Waals surface area (Å²) >= 11 is 8.91. The van der Waals surface area contributed by atoms with Gasteiger partial charge in [-0.05, 0) is 28.1 Å². The molecule has 0 unspecified atom stereocenters. The number of halogens is 5.